The first-order chi connectivity index (χ1) is 19.5. The maximum atomic E-state index is 13.6. The van der Waals surface area contributed by atoms with Crippen LogP contribution in [0.25, 0.3) is 33.5 Å². The summed E-state index contributed by atoms with van der Waals surface area (Å²) in [7, 11) is 1.58. The number of hydrogen-bond acceptors (Lipinski definition) is 6. The Morgan fingerprint density at radius 1 is 1.00 bits per heavy atom. The van der Waals surface area contributed by atoms with Crippen molar-refractivity contribution < 1.29 is 13.9 Å². The minimum absolute atomic E-state index is 0.261. The lowest BCUT2D eigenvalue weighted by Crippen LogP contribution is -2.20. The Morgan fingerprint density at radius 2 is 1.82 bits per heavy atom. The van der Waals surface area contributed by atoms with Crippen LogP contribution in [0, 0.1) is 6.92 Å². The van der Waals surface area contributed by atoms with E-state index in [4.69, 9.17) is 30.5 Å². The highest BCUT2D eigenvalue weighted by Crippen LogP contribution is 2.32. The number of hydrogen-bond donors (Lipinski definition) is 0. The summed E-state index contributed by atoms with van der Waals surface area (Å²) in [5, 5.41) is 6.40. The molecule has 2 aromatic heterocycles. The highest BCUT2D eigenvalue weighted by atomic mass is 35.5. The number of aromatic nitrogens is 2. The molecule has 4 aromatic carbocycles. The zero-order valence-electron chi connectivity index (χ0n) is 21.8. The minimum atomic E-state index is -0.333. The first-order valence-electron chi connectivity index (χ1n) is 12.6. The molecule has 0 amide bonds. The van der Waals surface area contributed by atoms with Gasteiger partial charge in [-0.1, -0.05) is 59.6 Å². The van der Waals surface area contributed by atoms with E-state index in [0.29, 0.717) is 50.9 Å². The standard InChI is InChI=1S/C32H24ClN3O4/c1-20-10-12-21(13-11-20)19-39-30-22(6-5-9-28(30)38-2)18-34-36-31(35-26-8-4-3-7-25(26)32(36)37)29-17-23-16-24(33)14-15-27(23)40-29/h3-18H,19H2,1-2H3. The van der Waals surface area contributed by atoms with Crippen molar-refractivity contribution in [2.45, 2.75) is 13.5 Å². The van der Waals surface area contributed by atoms with Crippen LogP contribution in [0.1, 0.15) is 16.7 Å². The molecule has 0 aliphatic heterocycles. The molecule has 40 heavy (non-hydrogen) atoms. The van der Waals surface area contributed by atoms with Crippen LogP contribution in [0.2, 0.25) is 5.02 Å². The molecule has 2 heterocycles. The van der Waals surface area contributed by atoms with Gasteiger partial charge in [-0.25, -0.2) is 4.98 Å². The van der Waals surface area contributed by atoms with Gasteiger partial charge >= 0.3 is 0 Å². The number of para-hydroxylation sites is 2. The van der Waals surface area contributed by atoms with E-state index in [1.54, 1.807) is 55.8 Å². The average molecular weight is 550 g/mol. The minimum Gasteiger partial charge on any atom is -0.493 e. The van der Waals surface area contributed by atoms with Gasteiger partial charge in [0.1, 0.15) is 12.2 Å². The van der Waals surface area contributed by atoms with Crippen LogP contribution in [0.4, 0.5) is 0 Å². The number of fused-ring (bicyclic) bond motifs is 2. The third-order valence-corrected chi connectivity index (χ3v) is 6.73. The van der Waals surface area contributed by atoms with Crippen molar-refractivity contribution in [3.05, 3.63) is 123 Å². The molecule has 8 heteroatoms. The van der Waals surface area contributed by atoms with Gasteiger partial charge in [-0.3, -0.25) is 4.79 Å². The number of rotatable bonds is 7. The predicted molar refractivity (Wildman–Crippen MR) is 158 cm³/mol. The van der Waals surface area contributed by atoms with E-state index in [0.717, 1.165) is 10.9 Å². The maximum absolute atomic E-state index is 13.6. The smallest absolute Gasteiger partial charge is 0.282 e. The monoisotopic (exact) mass is 549 g/mol. The van der Waals surface area contributed by atoms with Gasteiger partial charge in [0.2, 0.25) is 5.82 Å². The molecule has 6 aromatic rings. The van der Waals surface area contributed by atoms with Crippen molar-refractivity contribution in [2.75, 3.05) is 7.11 Å². The van der Waals surface area contributed by atoms with Crippen LogP contribution >= 0.6 is 11.6 Å². The number of nitrogens with zero attached hydrogens (tertiary/aromatic N) is 3. The summed E-state index contributed by atoms with van der Waals surface area (Å²) < 4.78 is 19.1. The molecule has 0 aliphatic rings. The highest BCUT2D eigenvalue weighted by Gasteiger charge is 2.17. The molecule has 0 bridgehead atoms. The molecule has 0 aliphatic carbocycles. The summed E-state index contributed by atoms with van der Waals surface area (Å²) in [6.45, 7) is 2.38. The molecule has 0 unspecified atom stereocenters. The van der Waals surface area contributed by atoms with Crippen molar-refractivity contribution in [3.8, 4) is 23.1 Å². The van der Waals surface area contributed by atoms with E-state index >= 15 is 0 Å². The number of benzene rings is 4. The summed E-state index contributed by atoms with van der Waals surface area (Å²) in [5.41, 5.74) is 3.65. The molecule has 0 spiro atoms. The Balaban J connectivity index is 1.45. The quantitative estimate of drug-likeness (QED) is 0.196. The van der Waals surface area contributed by atoms with E-state index in [1.807, 2.05) is 55.5 Å². The molecular weight excluding hydrogens is 526 g/mol. The van der Waals surface area contributed by atoms with E-state index in [-0.39, 0.29) is 11.4 Å². The van der Waals surface area contributed by atoms with E-state index in [9.17, 15) is 4.79 Å². The van der Waals surface area contributed by atoms with Crippen molar-refractivity contribution in [1.29, 1.82) is 0 Å². The van der Waals surface area contributed by atoms with E-state index < -0.39 is 0 Å². The maximum Gasteiger partial charge on any atom is 0.282 e. The summed E-state index contributed by atoms with van der Waals surface area (Å²) in [6, 6.07) is 27.9. The van der Waals surface area contributed by atoms with Crippen molar-refractivity contribution in [3.63, 3.8) is 0 Å². The molecule has 7 nitrogen and oxygen atoms in total. The first kappa shape index (κ1) is 25.4. The van der Waals surface area contributed by atoms with Crippen molar-refractivity contribution in [2.24, 2.45) is 5.10 Å². The van der Waals surface area contributed by atoms with Gasteiger partial charge in [0.15, 0.2) is 17.3 Å². The van der Waals surface area contributed by atoms with Gasteiger partial charge < -0.3 is 13.9 Å². The van der Waals surface area contributed by atoms with Gasteiger partial charge in [-0.15, -0.1) is 0 Å². The van der Waals surface area contributed by atoms with Crippen LogP contribution in [-0.2, 0) is 6.61 Å². The lowest BCUT2D eigenvalue weighted by atomic mass is 10.1. The predicted octanol–water partition coefficient (Wildman–Crippen LogP) is 7.24. The highest BCUT2D eigenvalue weighted by molar-refractivity contribution is 6.31. The third kappa shape index (κ3) is 4.95. The summed E-state index contributed by atoms with van der Waals surface area (Å²) in [5.74, 6) is 1.71. The van der Waals surface area contributed by atoms with Gasteiger partial charge in [0.25, 0.3) is 5.56 Å². The summed E-state index contributed by atoms with van der Waals surface area (Å²) >= 11 is 6.18. The number of methoxy groups -OCH3 is 1. The Bertz CT molecular complexity index is 1940. The third-order valence-electron chi connectivity index (χ3n) is 6.50. The average Bonchev–Trinajstić information content (AvgIpc) is 3.39. The summed E-state index contributed by atoms with van der Waals surface area (Å²) in [6.07, 6.45) is 1.56. The Hall–Kier alpha value is -4.88. The second-order valence-corrected chi connectivity index (χ2v) is 9.70. The fourth-order valence-electron chi connectivity index (χ4n) is 4.42. The molecule has 0 saturated heterocycles. The number of halogens is 1. The van der Waals surface area contributed by atoms with E-state index in [1.165, 1.54) is 10.2 Å². The first-order valence-corrected chi connectivity index (χ1v) is 13.0. The molecule has 0 atom stereocenters. The molecule has 0 radical (unpaired) electrons. The lowest BCUT2D eigenvalue weighted by Gasteiger charge is -2.13. The normalized spacial score (nSPS) is 11.5. The van der Waals surface area contributed by atoms with Gasteiger partial charge in [0, 0.05) is 16.0 Å². The van der Waals surface area contributed by atoms with Crippen LogP contribution in [0.15, 0.2) is 105 Å². The largest absolute Gasteiger partial charge is 0.493 e. The molecular formula is C32H24ClN3O4. The van der Waals surface area contributed by atoms with Crippen LogP contribution in [0.5, 0.6) is 11.5 Å². The molecule has 198 valence electrons. The molecule has 0 N–H and O–H groups in total. The fourth-order valence-corrected chi connectivity index (χ4v) is 4.60. The van der Waals surface area contributed by atoms with Crippen LogP contribution in [0.3, 0.4) is 0 Å². The Morgan fingerprint density at radius 3 is 2.65 bits per heavy atom. The van der Waals surface area contributed by atoms with Crippen LogP contribution < -0.4 is 15.0 Å². The number of ether oxygens (including phenoxy) is 2. The second kappa shape index (κ2) is 10.7. The van der Waals surface area contributed by atoms with Gasteiger partial charge in [0.05, 0.1) is 24.2 Å². The summed E-state index contributed by atoms with van der Waals surface area (Å²) in [4.78, 5) is 18.4. The Kier molecular flexibility index (Phi) is 6.80. The second-order valence-electron chi connectivity index (χ2n) is 9.26. The SMILES string of the molecule is COc1cccc(C=Nn2c(-c3cc4cc(Cl)ccc4o3)nc3ccccc3c2=O)c1OCc1ccc(C)cc1. The van der Waals surface area contributed by atoms with Crippen molar-refractivity contribution in [1.82, 2.24) is 9.66 Å². The number of furan rings is 1. The zero-order valence-corrected chi connectivity index (χ0v) is 22.6. The van der Waals surface area contributed by atoms with Crippen LogP contribution in [-0.4, -0.2) is 23.0 Å². The molecule has 0 fully saturated rings. The molecule has 0 saturated carbocycles. The van der Waals surface area contributed by atoms with Gasteiger partial charge in [-0.2, -0.15) is 9.78 Å². The van der Waals surface area contributed by atoms with Gasteiger partial charge in [-0.05, 0) is 61.0 Å². The molecule has 6 rings (SSSR count). The Labute approximate surface area is 234 Å². The lowest BCUT2D eigenvalue weighted by molar-refractivity contribution is 0.284. The zero-order chi connectivity index (χ0) is 27.6. The number of aryl methyl sites for hydroxylation is 1. The van der Waals surface area contributed by atoms with E-state index in [2.05, 4.69) is 5.10 Å². The fraction of sp³-hybridized carbons (Fsp3) is 0.0938. The van der Waals surface area contributed by atoms with Crippen molar-refractivity contribution >= 4 is 39.7 Å². The topological polar surface area (TPSA) is 78.9 Å².